The number of nitrogens with zero attached hydrogens (tertiary/aromatic N) is 1. The Morgan fingerprint density at radius 3 is 1.51 bits per heavy atom. The summed E-state index contributed by atoms with van der Waals surface area (Å²) in [6.45, 7) is 4.48. The Morgan fingerprint density at radius 1 is 0.378 bits per heavy atom. The second-order valence-electron chi connectivity index (χ2n) is 12.2. The van der Waals surface area contributed by atoms with E-state index in [4.69, 9.17) is 0 Å². The Labute approximate surface area is 262 Å². The van der Waals surface area contributed by atoms with E-state index in [1.807, 2.05) is 0 Å². The lowest BCUT2D eigenvalue weighted by Crippen LogP contribution is -2.00. The molecule has 0 unspecified atom stereocenters. The largest absolute Gasteiger partial charge is 0.308 e. The lowest BCUT2D eigenvalue weighted by atomic mass is 9.84. The molecule has 0 fully saturated rings. The lowest BCUT2D eigenvalue weighted by molar-refractivity contribution is 1.21. The topological polar surface area (TPSA) is 4.93 Å². The van der Waals surface area contributed by atoms with Gasteiger partial charge in [0.15, 0.2) is 0 Å². The van der Waals surface area contributed by atoms with E-state index in [0.717, 1.165) is 0 Å². The van der Waals surface area contributed by atoms with Crippen molar-refractivity contribution in [1.29, 1.82) is 0 Å². The molecule has 212 valence electrons. The van der Waals surface area contributed by atoms with E-state index in [9.17, 15) is 0 Å². The van der Waals surface area contributed by atoms with Crippen molar-refractivity contribution in [2.24, 2.45) is 0 Å². The molecule has 1 nitrogen and oxygen atoms in total. The molecule has 45 heavy (non-hydrogen) atoms. The van der Waals surface area contributed by atoms with Gasteiger partial charge in [-0.3, -0.25) is 0 Å². The molecule has 1 heterocycles. The first kappa shape index (κ1) is 25.8. The van der Waals surface area contributed by atoms with Gasteiger partial charge < -0.3 is 4.57 Å². The fourth-order valence-electron chi connectivity index (χ4n) is 7.41. The van der Waals surface area contributed by atoms with E-state index in [2.05, 4.69) is 170 Å². The van der Waals surface area contributed by atoms with Crippen LogP contribution in [-0.2, 0) is 0 Å². The lowest BCUT2D eigenvalue weighted by Gasteiger charge is -2.22. The Balaban J connectivity index is 1.52. The zero-order chi connectivity index (χ0) is 30.1. The predicted molar refractivity (Wildman–Crippen MR) is 194 cm³/mol. The van der Waals surface area contributed by atoms with Gasteiger partial charge in [-0.05, 0) is 99.1 Å². The van der Waals surface area contributed by atoms with E-state index in [0.29, 0.717) is 0 Å². The van der Waals surface area contributed by atoms with Gasteiger partial charge in [0.05, 0.1) is 16.7 Å². The molecular weight excluding hydrogens is 542 g/mol. The zero-order valence-corrected chi connectivity index (χ0v) is 25.4. The molecule has 0 aliphatic heterocycles. The van der Waals surface area contributed by atoms with Gasteiger partial charge in [0.1, 0.15) is 0 Å². The number of benzene rings is 8. The van der Waals surface area contributed by atoms with E-state index in [1.165, 1.54) is 93.2 Å². The van der Waals surface area contributed by atoms with Gasteiger partial charge >= 0.3 is 0 Å². The third kappa shape index (κ3) is 3.87. The van der Waals surface area contributed by atoms with Crippen molar-refractivity contribution < 1.29 is 0 Å². The molecule has 1 aromatic heterocycles. The third-order valence-corrected chi connectivity index (χ3v) is 9.65. The van der Waals surface area contributed by atoms with Crippen LogP contribution >= 0.6 is 0 Å². The third-order valence-electron chi connectivity index (χ3n) is 9.65. The molecule has 8 aromatic carbocycles. The van der Waals surface area contributed by atoms with E-state index >= 15 is 0 Å². The molecular formula is C44H31N. The first-order valence-electron chi connectivity index (χ1n) is 15.7. The van der Waals surface area contributed by atoms with Crippen LogP contribution in [0.4, 0.5) is 0 Å². The Morgan fingerprint density at radius 2 is 0.867 bits per heavy atom. The van der Waals surface area contributed by atoms with E-state index in [-0.39, 0.29) is 0 Å². The fourth-order valence-corrected chi connectivity index (χ4v) is 7.41. The minimum absolute atomic E-state index is 1.23. The Bertz CT molecular complexity index is 2550. The predicted octanol–water partition coefficient (Wildman–Crippen LogP) is 12.2. The molecule has 9 aromatic rings. The average Bonchev–Trinajstić information content (AvgIpc) is 3.42. The van der Waals surface area contributed by atoms with Crippen molar-refractivity contribution in [2.45, 2.75) is 13.8 Å². The van der Waals surface area contributed by atoms with Crippen LogP contribution in [0.25, 0.3) is 82.1 Å². The molecule has 0 spiro atoms. The van der Waals surface area contributed by atoms with Crippen molar-refractivity contribution in [3.05, 3.63) is 163 Å². The Kier molecular flexibility index (Phi) is 5.70. The van der Waals surface area contributed by atoms with Gasteiger partial charge in [-0.15, -0.1) is 0 Å². The Hall–Kier alpha value is -5.66. The van der Waals surface area contributed by atoms with Crippen LogP contribution in [0, 0.1) is 13.8 Å². The molecule has 0 saturated carbocycles. The average molecular weight is 574 g/mol. The number of fused-ring (bicyclic) bond motifs is 6. The summed E-state index contributed by atoms with van der Waals surface area (Å²) in [5.74, 6) is 0. The maximum atomic E-state index is 2.51. The van der Waals surface area contributed by atoms with Crippen molar-refractivity contribution in [3.8, 4) is 27.9 Å². The van der Waals surface area contributed by atoms with Crippen LogP contribution in [0.2, 0.25) is 0 Å². The van der Waals surface area contributed by atoms with Gasteiger partial charge in [-0.25, -0.2) is 0 Å². The van der Waals surface area contributed by atoms with Crippen molar-refractivity contribution in [1.82, 2.24) is 4.57 Å². The van der Waals surface area contributed by atoms with E-state index < -0.39 is 0 Å². The molecule has 0 aliphatic carbocycles. The molecule has 0 bridgehead atoms. The number of hydrogen-bond donors (Lipinski definition) is 0. The summed E-state index contributed by atoms with van der Waals surface area (Å²) in [5, 5.41) is 10.1. The molecule has 0 N–H and O–H groups in total. The minimum atomic E-state index is 1.23. The van der Waals surface area contributed by atoms with Gasteiger partial charge in [-0.1, -0.05) is 121 Å². The van der Waals surface area contributed by atoms with Crippen molar-refractivity contribution >= 4 is 54.1 Å². The van der Waals surface area contributed by atoms with Crippen LogP contribution in [0.5, 0.6) is 0 Å². The van der Waals surface area contributed by atoms with Crippen LogP contribution < -0.4 is 0 Å². The molecule has 9 rings (SSSR count). The van der Waals surface area contributed by atoms with Crippen LogP contribution in [0.3, 0.4) is 0 Å². The SMILES string of the molecule is Cc1cc2c(-c3cc4ccccc4cc3-c3ccccc3)c3ccccc3c(-n3c4ccccc4c4ccccc43)c2cc1C. The van der Waals surface area contributed by atoms with Crippen LogP contribution in [0.15, 0.2) is 152 Å². The summed E-state index contributed by atoms with van der Waals surface area (Å²) >= 11 is 0. The highest BCUT2D eigenvalue weighted by atomic mass is 15.0. The van der Waals surface area contributed by atoms with Gasteiger partial charge in [0.2, 0.25) is 0 Å². The number of hydrogen-bond acceptors (Lipinski definition) is 0. The highest BCUT2D eigenvalue weighted by Crippen LogP contribution is 2.47. The number of rotatable bonds is 3. The quantitative estimate of drug-likeness (QED) is 0.185. The number of aromatic nitrogens is 1. The first-order valence-corrected chi connectivity index (χ1v) is 15.7. The maximum Gasteiger partial charge on any atom is 0.0619 e. The van der Waals surface area contributed by atoms with Gasteiger partial charge in [0, 0.05) is 21.5 Å². The van der Waals surface area contributed by atoms with Crippen molar-refractivity contribution in [3.63, 3.8) is 0 Å². The zero-order valence-electron chi connectivity index (χ0n) is 25.4. The highest BCUT2D eigenvalue weighted by molar-refractivity contribution is 6.22. The molecule has 0 aliphatic rings. The summed E-state index contributed by atoms with van der Waals surface area (Å²) in [7, 11) is 0. The van der Waals surface area contributed by atoms with Crippen molar-refractivity contribution in [2.75, 3.05) is 0 Å². The summed E-state index contributed by atoms with van der Waals surface area (Å²) < 4.78 is 2.51. The second kappa shape index (κ2) is 9.94. The summed E-state index contributed by atoms with van der Waals surface area (Å²) in [6.07, 6.45) is 0. The normalized spacial score (nSPS) is 11.8. The number of aryl methyl sites for hydroxylation is 2. The molecule has 0 radical (unpaired) electrons. The molecule has 0 saturated heterocycles. The monoisotopic (exact) mass is 573 g/mol. The standard InChI is InChI=1S/C44H31N/c1-28-24-38-40(25-29(28)2)44(45-41-22-12-10-18-33(41)34-19-11-13-23-42(34)45)36-21-9-8-20-35(36)43(38)39-27-32-17-7-6-16-31(32)26-37(39)30-14-4-3-5-15-30/h3-27H,1-2H3. The van der Waals surface area contributed by atoms with Gasteiger partial charge in [-0.2, -0.15) is 0 Å². The smallest absolute Gasteiger partial charge is 0.0619 e. The second-order valence-corrected chi connectivity index (χ2v) is 12.2. The van der Waals surface area contributed by atoms with Crippen LogP contribution in [-0.4, -0.2) is 4.57 Å². The molecule has 0 atom stereocenters. The fraction of sp³-hybridized carbons (Fsp3) is 0.0455. The number of para-hydroxylation sites is 2. The minimum Gasteiger partial charge on any atom is -0.308 e. The summed E-state index contributed by atoms with van der Waals surface area (Å²) in [5.41, 5.74) is 11.3. The summed E-state index contributed by atoms with van der Waals surface area (Å²) in [4.78, 5) is 0. The highest BCUT2D eigenvalue weighted by Gasteiger charge is 2.22. The molecule has 0 amide bonds. The molecule has 1 heteroatoms. The first-order chi connectivity index (χ1) is 22.2. The van der Waals surface area contributed by atoms with Crippen LogP contribution in [0.1, 0.15) is 11.1 Å². The van der Waals surface area contributed by atoms with Gasteiger partial charge in [0.25, 0.3) is 0 Å². The van der Waals surface area contributed by atoms with E-state index in [1.54, 1.807) is 0 Å². The summed E-state index contributed by atoms with van der Waals surface area (Å²) in [6, 6.07) is 55.9. The maximum absolute atomic E-state index is 2.51.